The van der Waals surface area contributed by atoms with Crippen LogP contribution < -0.4 is 4.74 Å². The maximum Gasteiger partial charge on any atom is 0.307 e. The monoisotopic (exact) mass is 402 g/mol. The fourth-order valence-corrected chi connectivity index (χ4v) is 3.27. The zero-order chi connectivity index (χ0) is 21.1. The number of halogens is 1. The SMILES string of the molecule is N#Cc1nccc(-c2cc(COc3ccccc3CC(=O)O)cc3ccoc23)c1F. The summed E-state index contributed by atoms with van der Waals surface area (Å²) in [7, 11) is 0. The number of nitriles is 1. The van der Waals surface area contributed by atoms with E-state index in [1.165, 1.54) is 18.5 Å². The van der Waals surface area contributed by atoms with Crippen LogP contribution in [-0.2, 0) is 17.8 Å². The van der Waals surface area contributed by atoms with E-state index in [9.17, 15) is 9.18 Å². The predicted molar refractivity (Wildman–Crippen MR) is 106 cm³/mol. The molecule has 0 spiro atoms. The van der Waals surface area contributed by atoms with Gasteiger partial charge in [0.25, 0.3) is 0 Å². The van der Waals surface area contributed by atoms with Crippen molar-refractivity contribution in [3.63, 3.8) is 0 Å². The molecule has 0 saturated heterocycles. The molecule has 0 unspecified atom stereocenters. The molecule has 148 valence electrons. The van der Waals surface area contributed by atoms with Gasteiger partial charge in [0, 0.05) is 28.3 Å². The van der Waals surface area contributed by atoms with Crippen molar-refractivity contribution in [3.8, 4) is 22.9 Å². The fraction of sp³-hybridized carbons (Fsp3) is 0.0870. The predicted octanol–water partition coefficient (Wildman–Crippen LogP) is 4.71. The van der Waals surface area contributed by atoms with Crippen LogP contribution in [0.2, 0.25) is 0 Å². The number of hydrogen-bond donors (Lipinski definition) is 1. The number of nitrogens with zero attached hydrogens (tertiary/aromatic N) is 2. The Morgan fingerprint density at radius 3 is 2.83 bits per heavy atom. The minimum Gasteiger partial charge on any atom is -0.489 e. The third-order valence-corrected chi connectivity index (χ3v) is 4.60. The van der Waals surface area contributed by atoms with Gasteiger partial charge in [-0.3, -0.25) is 4.79 Å². The third-order valence-electron chi connectivity index (χ3n) is 4.60. The molecule has 0 aliphatic heterocycles. The van der Waals surface area contributed by atoms with Crippen LogP contribution in [-0.4, -0.2) is 16.1 Å². The second-order valence-electron chi connectivity index (χ2n) is 6.58. The molecule has 0 atom stereocenters. The van der Waals surface area contributed by atoms with E-state index in [1.54, 1.807) is 42.5 Å². The van der Waals surface area contributed by atoms with Crippen LogP contribution in [0.3, 0.4) is 0 Å². The molecule has 4 aromatic rings. The molecular formula is C23H15FN2O4. The molecule has 2 aromatic heterocycles. The Morgan fingerprint density at radius 2 is 2.03 bits per heavy atom. The zero-order valence-electron chi connectivity index (χ0n) is 15.6. The first-order valence-corrected chi connectivity index (χ1v) is 9.04. The highest BCUT2D eigenvalue weighted by Gasteiger charge is 2.17. The summed E-state index contributed by atoms with van der Waals surface area (Å²) in [6, 6.07) is 15.5. The van der Waals surface area contributed by atoms with Gasteiger partial charge < -0.3 is 14.3 Å². The van der Waals surface area contributed by atoms with E-state index >= 15 is 0 Å². The van der Waals surface area contributed by atoms with Gasteiger partial charge in [-0.05, 0) is 35.9 Å². The number of carboxylic acid groups (broad SMARTS) is 1. The summed E-state index contributed by atoms with van der Waals surface area (Å²) < 4.78 is 26.1. The molecule has 0 aliphatic carbocycles. The van der Waals surface area contributed by atoms with Crippen molar-refractivity contribution in [3.05, 3.63) is 83.6 Å². The van der Waals surface area contributed by atoms with Crippen LogP contribution >= 0.6 is 0 Å². The van der Waals surface area contributed by atoms with Crippen LogP contribution in [0.1, 0.15) is 16.8 Å². The van der Waals surface area contributed by atoms with E-state index in [-0.39, 0.29) is 24.3 Å². The molecule has 0 aliphatic rings. The maximum atomic E-state index is 14.7. The zero-order valence-corrected chi connectivity index (χ0v) is 15.6. The van der Waals surface area contributed by atoms with Gasteiger partial charge in [0.05, 0.1) is 12.7 Å². The number of carboxylic acids is 1. The highest BCUT2D eigenvalue weighted by molar-refractivity contribution is 5.93. The van der Waals surface area contributed by atoms with Gasteiger partial charge in [-0.15, -0.1) is 0 Å². The van der Waals surface area contributed by atoms with Gasteiger partial charge in [-0.2, -0.15) is 5.26 Å². The number of para-hydroxylation sites is 1. The number of rotatable bonds is 6. The number of ether oxygens (including phenoxy) is 1. The molecule has 6 nitrogen and oxygen atoms in total. The average Bonchev–Trinajstić information content (AvgIpc) is 3.21. The van der Waals surface area contributed by atoms with Gasteiger partial charge in [-0.1, -0.05) is 18.2 Å². The van der Waals surface area contributed by atoms with Gasteiger partial charge in [0.2, 0.25) is 0 Å². The molecule has 1 N–H and O–H groups in total. The first kappa shape index (κ1) is 19.2. The van der Waals surface area contributed by atoms with E-state index in [0.717, 1.165) is 10.9 Å². The Balaban J connectivity index is 1.71. The number of benzene rings is 2. The van der Waals surface area contributed by atoms with E-state index in [1.807, 2.05) is 6.07 Å². The van der Waals surface area contributed by atoms with E-state index in [4.69, 9.17) is 19.5 Å². The van der Waals surface area contributed by atoms with Crippen LogP contribution in [0.15, 0.2) is 65.4 Å². The Labute approximate surface area is 170 Å². The van der Waals surface area contributed by atoms with E-state index < -0.39 is 11.8 Å². The van der Waals surface area contributed by atoms with Crippen molar-refractivity contribution in [2.45, 2.75) is 13.0 Å². The van der Waals surface area contributed by atoms with Crippen molar-refractivity contribution in [1.82, 2.24) is 4.98 Å². The van der Waals surface area contributed by atoms with Gasteiger partial charge in [0.15, 0.2) is 11.5 Å². The first-order chi connectivity index (χ1) is 14.6. The van der Waals surface area contributed by atoms with E-state index in [2.05, 4.69) is 4.98 Å². The molecule has 0 radical (unpaired) electrons. The summed E-state index contributed by atoms with van der Waals surface area (Å²) in [5, 5.41) is 18.9. The van der Waals surface area contributed by atoms with Crippen molar-refractivity contribution in [2.75, 3.05) is 0 Å². The minimum absolute atomic E-state index is 0.141. The number of pyridine rings is 1. The quantitative estimate of drug-likeness (QED) is 0.502. The summed E-state index contributed by atoms with van der Waals surface area (Å²) in [5.74, 6) is -1.20. The van der Waals surface area contributed by atoms with Crippen LogP contribution in [0.25, 0.3) is 22.1 Å². The average molecular weight is 402 g/mol. The molecule has 0 fully saturated rings. The van der Waals surface area contributed by atoms with Crippen molar-refractivity contribution < 1.29 is 23.4 Å². The van der Waals surface area contributed by atoms with Crippen molar-refractivity contribution in [2.24, 2.45) is 0 Å². The number of carbonyl (C=O) groups is 1. The lowest BCUT2D eigenvalue weighted by molar-refractivity contribution is -0.136. The first-order valence-electron chi connectivity index (χ1n) is 9.04. The number of aromatic nitrogens is 1. The summed E-state index contributed by atoms with van der Waals surface area (Å²) >= 11 is 0. The summed E-state index contributed by atoms with van der Waals surface area (Å²) in [4.78, 5) is 14.8. The fourth-order valence-electron chi connectivity index (χ4n) is 3.27. The topological polar surface area (TPSA) is 96.3 Å². The van der Waals surface area contributed by atoms with Gasteiger partial charge in [-0.25, -0.2) is 9.37 Å². The smallest absolute Gasteiger partial charge is 0.307 e. The Morgan fingerprint density at radius 1 is 1.20 bits per heavy atom. The second kappa shape index (κ2) is 8.05. The summed E-state index contributed by atoms with van der Waals surface area (Å²) in [6.45, 7) is 0.141. The van der Waals surface area contributed by atoms with Gasteiger partial charge in [0.1, 0.15) is 24.0 Å². The Bertz CT molecular complexity index is 1290. The number of aliphatic carboxylic acids is 1. The van der Waals surface area contributed by atoms with Crippen LogP contribution in [0.4, 0.5) is 4.39 Å². The number of furan rings is 1. The Hall–Kier alpha value is -4.18. The number of fused-ring (bicyclic) bond motifs is 1. The van der Waals surface area contributed by atoms with Crippen LogP contribution in [0.5, 0.6) is 5.75 Å². The molecule has 0 saturated carbocycles. The summed E-state index contributed by atoms with van der Waals surface area (Å²) in [6.07, 6.45) is 2.73. The lowest BCUT2D eigenvalue weighted by atomic mass is 10.00. The highest BCUT2D eigenvalue weighted by atomic mass is 19.1. The van der Waals surface area contributed by atoms with Gasteiger partial charge >= 0.3 is 5.97 Å². The molecule has 2 aromatic carbocycles. The minimum atomic E-state index is -0.949. The molecule has 30 heavy (non-hydrogen) atoms. The van der Waals surface area contributed by atoms with Crippen molar-refractivity contribution >= 4 is 16.9 Å². The second-order valence-corrected chi connectivity index (χ2v) is 6.58. The summed E-state index contributed by atoms with van der Waals surface area (Å²) in [5.41, 5.74) is 2.17. The molecule has 2 heterocycles. The normalized spacial score (nSPS) is 10.7. The van der Waals surface area contributed by atoms with Crippen molar-refractivity contribution in [1.29, 1.82) is 5.26 Å². The molecule has 4 rings (SSSR count). The molecular weight excluding hydrogens is 387 g/mol. The lowest BCUT2D eigenvalue weighted by Gasteiger charge is -2.12. The Kier molecular flexibility index (Phi) is 5.14. The highest BCUT2D eigenvalue weighted by Crippen LogP contribution is 2.33. The lowest BCUT2D eigenvalue weighted by Crippen LogP contribution is -2.04. The van der Waals surface area contributed by atoms with Crippen LogP contribution in [0, 0.1) is 17.1 Å². The molecule has 7 heteroatoms. The third kappa shape index (κ3) is 3.71. The standard InChI is InChI=1S/C23H15FN2O4/c24-22-17(5-7-26-19(22)12-25)18-10-14(9-16-6-8-29-23(16)18)13-30-20-4-2-1-3-15(20)11-21(27)28/h1-10H,11,13H2,(H,27,28). The molecule has 0 amide bonds. The number of hydrogen-bond acceptors (Lipinski definition) is 5. The largest absolute Gasteiger partial charge is 0.489 e. The molecule has 0 bridgehead atoms. The maximum absolute atomic E-state index is 14.7. The van der Waals surface area contributed by atoms with E-state index in [0.29, 0.717) is 22.5 Å².